The number of hydrogen-bond acceptors (Lipinski definition) is 6. The number of halogens is 3. The van der Waals surface area contributed by atoms with Gasteiger partial charge in [-0.2, -0.15) is 0 Å². The molecule has 2 aliphatic heterocycles. The lowest BCUT2D eigenvalue weighted by atomic mass is 10.0. The Morgan fingerprint density at radius 2 is 2.04 bits per heavy atom. The fourth-order valence-electron chi connectivity index (χ4n) is 3.04. The summed E-state index contributed by atoms with van der Waals surface area (Å²) < 4.78 is 49.2. The zero-order valence-electron chi connectivity index (χ0n) is 14.8. The third kappa shape index (κ3) is 3.22. The molecule has 0 saturated heterocycles. The van der Waals surface area contributed by atoms with E-state index in [1.165, 1.54) is 30.5 Å². The van der Waals surface area contributed by atoms with Crippen molar-refractivity contribution in [3.63, 3.8) is 0 Å². The molecule has 1 unspecified atom stereocenters. The number of pyridine rings is 1. The largest absolute Gasteiger partial charge is 0.586 e. The minimum absolute atomic E-state index is 0.0552. The van der Waals surface area contributed by atoms with Gasteiger partial charge < -0.3 is 19.8 Å². The number of hydrogen-bond donors (Lipinski definition) is 2. The highest BCUT2D eigenvalue weighted by molar-refractivity contribution is 5.97. The molecule has 0 fully saturated rings. The van der Waals surface area contributed by atoms with Crippen LogP contribution in [0.25, 0.3) is 5.70 Å². The van der Waals surface area contributed by atoms with Crippen LogP contribution in [0.1, 0.15) is 11.1 Å². The van der Waals surface area contributed by atoms with Gasteiger partial charge in [-0.1, -0.05) is 0 Å². The normalized spacial score (nSPS) is 19.5. The second-order valence-electron chi connectivity index (χ2n) is 6.32. The number of rotatable bonds is 3. The van der Waals surface area contributed by atoms with Gasteiger partial charge in [-0.05, 0) is 42.8 Å². The zero-order valence-corrected chi connectivity index (χ0v) is 14.8. The van der Waals surface area contributed by atoms with Gasteiger partial charge >= 0.3 is 6.29 Å². The van der Waals surface area contributed by atoms with E-state index < -0.39 is 24.1 Å². The van der Waals surface area contributed by atoms with E-state index in [0.29, 0.717) is 16.8 Å². The summed E-state index contributed by atoms with van der Waals surface area (Å²) in [6.07, 6.45) is -0.754. The molecule has 1 aromatic heterocycles. The van der Waals surface area contributed by atoms with Gasteiger partial charge in [0.1, 0.15) is 6.04 Å². The molecule has 0 saturated carbocycles. The minimum Gasteiger partial charge on any atom is -0.395 e. The van der Waals surface area contributed by atoms with Crippen LogP contribution in [0.15, 0.2) is 36.5 Å². The highest BCUT2D eigenvalue weighted by Gasteiger charge is 2.44. The van der Waals surface area contributed by atoms with Gasteiger partial charge in [-0.15, -0.1) is 8.78 Å². The maximum absolute atomic E-state index is 13.7. The van der Waals surface area contributed by atoms with Gasteiger partial charge in [0.15, 0.2) is 23.1 Å². The number of alkyl halides is 2. The summed E-state index contributed by atoms with van der Waals surface area (Å²) in [6.45, 7) is 1.72. The molecule has 4 rings (SSSR count). The van der Waals surface area contributed by atoms with Crippen molar-refractivity contribution in [2.24, 2.45) is 0 Å². The third-order valence-corrected chi connectivity index (χ3v) is 4.33. The predicted molar refractivity (Wildman–Crippen MR) is 92.9 cm³/mol. The van der Waals surface area contributed by atoms with Crippen LogP contribution in [0.5, 0.6) is 11.5 Å². The number of nitrogens with one attached hydrogen (secondary N) is 2. The van der Waals surface area contributed by atoms with Crippen LogP contribution in [0.4, 0.5) is 19.0 Å². The monoisotopic (exact) mass is 392 g/mol. The molecule has 2 aromatic rings. The van der Waals surface area contributed by atoms with Crippen LogP contribution >= 0.6 is 0 Å². The SMILES string of the molecule is Cc1cc2c(cc1C1=CC(C(=O)Nc3ncccc3F)NN1C)OC(F)(F)O2. The maximum Gasteiger partial charge on any atom is 0.586 e. The van der Waals surface area contributed by atoms with Crippen molar-refractivity contribution in [1.82, 2.24) is 15.4 Å². The van der Waals surface area contributed by atoms with Crippen molar-refractivity contribution < 1.29 is 27.4 Å². The number of nitrogens with zero attached hydrogens (tertiary/aromatic N) is 2. The molecule has 146 valence electrons. The molecule has 10 heteroatoms. The van der Waals surface area contributed by atoms with E-state index in [2.05, 4.69) is 25.2 Å². The smallest absolute Gasteiger partial charge is 0.395 e. The van der Waals surface area contributed by atoms with Crippen LogP contribution in [0.3, 0.4) is 0 Å². The van der Waals surface area contributed by atoms with E-state index in [4.69, 9.17) is 0 Å². The highest BCUT2D eigenvalue weighted by atomic mass is 19.3. The fraction of sp³-hybridized carbons (Fsp3) is 0.222. The molecule has 0 radical (unpaired) electrons. The Morgan fingerprint density at radius 3 is 2.75 bits per heavy atom. The standard InChI is InChI=1S/C18H15F3N4O3/c1-9-6-14-15(28-18(20,21)27-14)7-10(9)13-8-12(24-25(13)2)17(26)23-16-11(19)4-3-5-22-16/h3-8,12,24H,1-2H3,(H,22,23,26). The van der Waals surface area contributed by atoms with E-state index in [1.54, 1.807) is 25.1 Å². The summed E-state index contributed by atoms with van der Waals surface area (Å²) in [7, 11) is 1.67. The first-order valence-corrected chi connectivity index (χ1v) is 8.27. The van der Waals surface area contributed by atoms with E-state index in [0.717, 1.165) is 0 Å². The van der Waals surface area contributed by atoms with Crippen molar-refractivity contribution in [3.8, 4) is 11.5 Å². The number of benzene rings is 1. The number of carbonyl (C=O) groups is 1. The number of aryl methyl sites for hydroxylation is 1. The minimum atomic E-state index is -3.71. The number of anilines is 1. The van der Waals surface area contributed by atoms with Crippen LogP contribution < -0.4 is 20.2 Å². The number of aromatic nitrogens is 1. The summed E-state index contributed by atoms with van der Waals surface area (Å²) in [5.41, 5.74) is 4.71. The van der Waals surface area contributed by atoms with E-state index in [9.17, 15) is 18.0 Å². The molecule has 2 aliphatic rings. The van der Waals surface area contributed by atoms with Crippen LogP contribution in [0, 0.1) is 12.7 Å². The molecule has 1 amide bonds. The fourth-order valence-corrected chi connectivity index (χ4v) is 3.04. The molecule has 3 heterocycles. The molecule has 0 spiro atoms. The van der Waals surface area contributed by atoms with Gasteiger partial charge in [0.05, 0.1) is 5.70 Å². The number of fused-ring (bicyclic) bond motifs is 1. The lowest BCUT2D eigenvalue weighted by Gasteiger charge is -2.19. The van der Waals surface area contributed by atoms with Gasteiger partial charge in [0.25, 0.3) is 0 Å². The topological polar surface area (TPSA) is 75.7 Å². The molecule has 0 bridgehead atoms. The van der Waals surface area contributed by atoms with Crippen LogP contribution in [-0.2, 0) is 4.79 Å². The average molecular weight is 392 g/mol. The Hall–Kier alpha value is -3.27. The van der Waals surface area contributed by atoms with Crippen molar-refractivity contribution in [3.05, 3.63) is 53.5 Å². The molecular weight excluding hydrogens is 377 g/mol. The molecule has 2 N–H and O–H groups in total. The van der Waals surface area contributed by atoms with Gasteiger partial charge in [-0.3, -0.25) is 4.79 Å². The van der Waals surface area contributed by atoms with E-state index in [-0.39, 0.29) is 17.3 Å². The molecule has 7 nitrogen and oxygen atoms in total. The second-order valence-corrected chi connectivity index (χ2v) is 6.32. The lowest BCUT2D eigenvalue weighted by Crippen LogP contribution is -2.41. The van der Waals surface area contributed by atoms with Crippen LogP contribution in [-0.4, -0.2) is 35.3 Å². The first-order valence-electron chi connectivity index (χ1n) is 8.27. The van der Waals surface area contributed by atoms with Gasteiger partial charge in [-0.25, -0.2) is 14.8 Å². The Balaban J connectivity index is 1.59. The van der Waals surface area contributed by atoms with E-state index >= 15 is 0 Å². The molecule has 1 atom stereocenters. The number of carbonyl (C=O) groups excluding carboxylic acids is 1. The summed E-state index contributed by atoms with van der Waals surface area (Å²) in [5.74, 6) is -1.51. The Kier molecular flexibility index (Phi) is 4.15. The van der Waals surface area contributed by atoms with Gasteiger partial charge in [0, 0.05) is 18.8 Å². The second kappa shape index (κ2) is 6.41. The lowest BCUT2D eigenvalue weighted by molar-refractivity contribution is -0.286. The van der Waals surface area contributed by atoms with Crippen molar-refractivity contribution >= 4 is 17.4 Å². The van der Waals surface area contributed by atoms with Crippen molar-refractivity contribution in [1.29, 1.82) is 0 Å². The number of amides is 1. The molecule has 1 aromatic carbocycles. The Morgan fingerprint density at radius 1 is 1.32 bits per heavy atom. The zero-order chi connectivity index (χ0) is 20.1. The van der Waals surface area contributed by atoms with Crippen molar-refractivity contribution in [2.75, 3.05) is 12.4 Å². The van der Waals surface area contributed by atoms with E-state index in [1.807, 2.05) is 0 Å². The molecule has 0 aliphatic carbocycles. The number of hydrazine groups is 1. The Bertz CT molecular complexity index is 996. The first kappa shape index (κ1) is 18.1. The molecular formula is C18H15F3N4O3. The number of ether oxygens (including phenoxy) is 2. The quantitative estimate of drug-likeness (QED) is 0.837. The van der Waals surface area contributed by atoms with Crippen molar-refractivity contribution in [2.45, 2.75) is 19.3 Å². The highest BCUT2D eigenvalue weighted by Crippen LogP contribution is 2.44. The maximum atomic E-state index is 13.7. The molecule has 28 heavy (non-hydrogen) atoms. The summed E-state index contributed by atoms with van der Waals surface area (Å²) in [6, 6.07) is 4.65. The average Bonchev–Trinajstić information content (AvgIpc) is 3.14. The summed E-state index contributed by atoms with van der Waals surface area (Å²) in [4.78, 5) is 16.2. The predicted octanol–water partition coefficient (Wildman–Crippen LogP) is 2.65. The first-order chi connectivity index (χ1) is 13.2. The van der Waals surface area contributed by atoms with Gasteiger partial charge in [0.2, 0.25) is 5.91 Å². The third-order valence-electron chi connectivity index (χ3n) is 4.33. The summed E-state index contributed by atoms with van der Waals surface area (Å²) in [5, 5.41) is 3.98. The summed E-state index contributed by atoms with van der Waals surface area (Å²) >= 11 is 0. The Labute approximate surface area is 157 Å². The van der Waals surface area contributed by atoms with Crippen LogP contribution in [0.2, 0.25) is 0 Å².